The number of ketones is 1. The Morgan fingerprint density at radius 3 is 2.25 bits per heavy atom. The molecule has 2 aromatic carbocycles. The Morgan fingerprint density at radius 1 is 1.05 bits per heavy atom. The van der Waals surface area contributed by atoms with Gasteiger partial charge in [0.15, 0.2) is 0 Å². The minimum absolute atomic E-state index is 0.0507. The zero-order valence-corrected chi connectivity index (χ0v) is 13.2. The highest BCUT2D eigenvalue weighted by Gasteiger charge is 2.27. The third kappa shape index (κ3) is 2.92. The van der Waals surface area contributed by atoms with Crippen molar-refractivity contribution in [3.63, 3.8) is 0 Å². The van der Waals surface area contributed by atoms with Gasteiger partial charge in [0, 0.05) is 11.3 Å². The number of benzene rings is 2. The van der Waals surface area contributed by atoms with Gasteiger partial charge in [0.2, 0.25) is 0 Å². The minimum Gasteiger partial charge on any atom is -0.298 e. The van der Waals surface area contributed by atoms with Gasteiger partial charge in [-0.3, -0.25) is 4.79 Å². The molecule has 0 unspecified atom stereocenters. The highest BCUT2D eigenvalue weighted by atomic mass is 16.1. The van der Waals surface area contributed by atoms with Crippen LogP contribution in [0.5, 0.6) is 0 Å². The molecule has 0 N–H and O–H groups in total. The van der Waals surface area contributed by atoms with Crippen LogP contribution < -0.4 is 0 Å². The lowest BCUT2D eigenvalue weighted by atomic mass is 9.80. The van der Waals surface area contributed by atoms with Crippen molar-refractivity contribution in [3.05, 3.63) is 47.5 Å². The van der Waals surface area contributed by atoms with Crippen LogP contribution in [0.3, 0.4) is 0 Å². The molecule has 2 aromatic rings. The second-order valence-corrected chi connectivity index (χ2v) is 6.63. The second-order valence-electron chi connectivity index (χ2n) is 6.63. The number of hydrogen-bond donors (Lipinski definition) is 0. The maximum absolute atomic E-state index is 12.4. The molecule has 0 amide bonds. The lowest BCUT2D eigenvalue weighted by molar-refractivity contribution is -0.127. The Hall–Kier alpha value is -1.63. The van der Waals surface area contributed by atoms with E-state index in [9.17, 15) is 4.79 Å². The molecule has 1 atom stereocenters. The summed E-state index contributed by atoms with van der Waals surface area (Å²) in [6.07, 6.45) is 1.05. The normalized spacial score (nSPS) is 13.4. The molecule has 0 fully saturated rings. The van der Waals surface area contributed by atoms with Crippen LogP contribution >= 0.6 is 0 Å². The van der Waals surface area contributed by atoms with Crippen molar-refractivity contribution < 1.29 is 4.79 Å². The van der Waals surface area contributed by atoms with Gasteiger partial charge in [-0.15, -0.1) is 0 Å². The zero-order chi connectivity index (χ0) is 14.9. The first-order valence-corrected chi connectivity index (χ1v) is 7.40. The van der Waals surface area contributed by atoms with Gasteiger partial charge in [0.25, 0.3) is 0 Å². The number of fused-ring (bicyclic) bond motifs is 1. The standard InChI is InChI=1S/C19H24O/c1-6-14-7-8-17-12-15(9-10-16(17)11-14)13(2)18(20)19(3,4)5/h7-13H,6H2,1-5H3/t13-/m0/s1. The highest BCUT2D eigenvalue weighted by molar-refractivity contribution is 5.91. The van der Waals surface area contributed by atoms with Gasteiger partial charge < -0.3 is 0 Å². The Morgan fingerprint density at radius 2 is 1.65 bits per heavy atom. The summed E-state index contributed by atoms with van der Waals surface area (Å²) in [6.45, 7) is 10.1. The molecular formula is C19H24O. The number of Topliss-reactive ketones (excluding diaryl/α,β-unsaturated/α-hetero) is 1. The summed E-state index contributed by atoms with van der Waals surface area (Å²) >= 11 is 0. The molecule has 106 valence electrons. The van der Waals surface area contributed by atoms with Gasteiger partial charge >= 0.3 is 0 Å². The van der Waals surface area contributed by atoms with Crippen molar-refractivity contribution in [2.45, 2.75) is 47.0 Å². The van der Waals surface area contributed by atoms with Crippen LogP contribution in [-0.4, -0.2) is 5.78 Å². The molecular weight excluding hydrogens is 244 g/mol. The van der Waals surface area contributed by atoms with Crippen LogP contribution in [0, 0.1) is 5.41 Å². The maximum atomic E-state index is 12.4. The molecule has 0 aliphatic heterocycles. The summed E-state index contributed by atoms with van der Waals surface area (Å²) in [5.74, 6) is 0.243. The lowest BCUT2D eigenvalue weighted by Crippen LogP contribution is -2.25. The van der Waals surface area contributed by atoms with Crippen molar-refractivity contribution in [2.24, 2.45) is 5.41 Å². The van der Waals surface area contributed by atoms with Gasteiger partial charge in [-0.25, -0.2) is 0 Å². The molecule has 0 aliphatic carbocycles. The molecule has 0 aliphatic rings. The summed E-state index contributed by atoms with van der Waals surface area (Å²) in [4.78, 5) is 12.4. The molecule has 0 radical (unpaired) electrons. The predicted molar refractivity (Wildman–Crippen MR) is 86.2 cm³/mol. The highest BCUT2D eigenvalue weighted by Crippen LogP contribution is 2.29. The van der Waals surface area contributed by atoms with Crippen molar-refractivity contribution in [2.75, 3.05) is 0 Å². The SMILES string of the molecule is CCc1ccc2cc([C@H](C)C(=O)C(C)(C)C)ccc2c1. The second kappa shape index (κ2) is 5.40. The predicted octanol–water partition coefficient (Wildman–Crippen LogP) is 5.12. The summed E-state index contributed by atoms with van der Waals surface area (Å²) in [5.41, 5.74) is 2.17. The molecule has 2 rings (SSSR count). The van der Waals surface area contributed by atoms with E-state index >= 15 is 0 Å². The van der Waals surface area contributed by atoms with E-state index in [2.05, 4.69) is 43.3 Å². The number of aryl methyl sites for hydroxylation is 1. The topological polar surface area (TPSA) is 17.1 Å². The summed E-state index contributed by atoms with van der Waals surface area (Å²) in [7, 11) is 0. The average Bonchev–Trinajstić information content (AvgIpc) is 2.43. The number of carbonyl (C=O) groups is 1. The van der Waals surface area contributed by atoms with Gasteiger partial charge in [0.05, 0.1) is 0 Å². The smallest absolute Gasteiger partial charge is 0.145 e. The Balaban J connectivity index is 2.39. The third-order valence-electron chi connectivity index (χ3n) is 3.97. The zero-order valence-electron chi connectivity index (χ0n) is 13.2. The van der Waals surface area contributed by atoms with Crippen molar-refractivity contribution in [3.8, 4) is 0 Å². The minimum atomic E-state index is -0.291. The maximum Gasteiger partial charge on any atom is 0.145 e. The lowest BCUT2D eigenvalue weighted by Gasteiger charge is -2.22. The van der Waals surface area contributed by atoms with Gasteiger partial charge in [-0.1, -0.05) is 71.0 Å². The molecule has 1 nitrogen and oxygen atoms in total. The van der Waals surface area contributed by atoms with Gasteiger partial charge in [0.1, 0.15) is 5.78 Å². The number of rotatable bonds is 3. The molecule has 1 heteroatoms. The molecule has 0 heterocycles. The average molecular weight is 268 g/mol. The fraction of sp³-hybridized carbons (Fsp3) is 0.421. The molecule has 0 aromatic heterocycles. The quantitative estimate of drug-likeness (QED) is 0.755. The first kappa shape index (κ1) is 14.8. The Kier molecular flexibility index (Phi) is 3.99. The first-order valence-electron chi connectivity index (χ1n) is 7.40. The fourth-order valence-corrected chi connectivity index (χ4v) is 2.60. The van der Waals surface area contributed by atoms with Crippen LogP contribution in [0.25, 0.3) is 10.8 Å². The molecule has 0 saturated heterocycles. The molecule has 0 bridgehead atoms. The van der Waals surface area contributed by atoms with Crippen LogP contribution in [-0.2, 0) is 11.2 Å². The Bertz CT molecular complexity index is 632. The van der Waals surface area contributed by atoms with E-state index in [4.69, 9.17) is 0 Å². The monoisotopic (exact) mass is 268 g/mol. The molecule has 0 spiro atoms. The van der Waals surface area contributed by atoms with Crippen LogP contribution in [0.4, 0.5) is 0 Å². The molecule has 20 heavy (non-hydrogen) atoms. The van der Waals surface area contributed by atoms with E-state index in [1.807, 2.05) is 27.7 Å². The van der Waals surface area contributed by atoms with E-state index < -0.39 is 0 Å². The van der Waals surface area contributed by atoms with Crippen LogP contribution in [0.1, 0.15) is 51.7 Å². The molecule has 0 saturated carbocycles. The van der Waals surface area contributed by atoms with Crippen molar-refractivity contribution >= 4 is 16.6 Å². The van der Waals surface area contributed by atoms with Crippen LogP contribution in [0.2, 0.25) is 0 Å². The van der Waals surface area contributed by atoms with E-state index in [0.717, 1.165) is 12.0 Å². The van der Waals surface area contributed by atoms with Gasteiger partial charge in [-0.05, 0) is 28.3 Å². The fourth-order valence-electron chi connectivity index (χ4n) is 2.60. The van der Waals surface area contributed by atoms with Gasteiger partial charge in [-0.2, -0.15) is 0 Å². The van der Waals surface area contributed by atoms with E-state index in [-0.39, 0.29) is 11.3 Å². The summed E-state index contributed by atoms with van der Waals surface area (Å²) in [6, 6.07) is 12.9. The third-order valence-corrected chi connectivity index (χ3v) is 3.97. The largest absolute Gasteiger partial charge is 0.298 e. The summed E-state index contributed by atoms with van der Waals surface area (Å²) in [5, 5.41) is 2.47. The van der Waals surface area contributed by atoms with Crippen molar-refractivity contribution in [1.29, 1.82) is 0 Å². The first-order chi connectivity index (χ1) is 9.32. The van der Waals surface area contributed by atoms with E-state index in [0.29, 0.717) is 5.78 Å². The number of hydrogen-bond acceptors (Lipinski definition) is 1. The van der Waals surface area contributed by atoms with E-state index in [1.165, 1.54) is 16.3 Å². The summed E-state index contributed by atoms with van der Waals surface area (Å²) < 4.78 is 0. The van der Waals surface area contributed by atoms with E-state index in [1.54, 1.807) is 0 Å². The number of carbonyl (C=O) groups excluding carboxylic acids is 1. The van der Waals surface area contributed by atoms with Crippen LogP contribution in [0.15, 0.2) is 36.4 Å². The van der Waals surface area contributed by atoms with Crippen molar-refractivity contribution in [1.82, 2.24) is 0 Å². The Labute approximate surface area is 122 Å².